The molecule has 0 spiro atoms. The van der Waals surface area contributed by atoms with E-state index in [1.165, 1.54) is 31.4 Å². The standard InChI is InChI=1S/C30H27F6N3O2/c31-19-1-3-23(22(32)8-19)39-13-21(24(40)12-28-9-16-5-17(10-28)7-18(6-16)11-28)26(41)20-2-4-25(37-27(20)39)38-14-29(33,34)30(35,36)15-38/h1-4,8,13,16-18H,5-7,9-12,14-15H2. The highest BCUT2D eigenvalue weighted by Crippen LogP contribution is 2.61. The zero-order valence-corrected chi connectivity index (χ0v) is 22.0. The second kappa shape index (κ2) is 8.82. The Hall–Kier alpha value is -3.37. The number of rotatable bonds is 5. The maximum atomic E-state index is 15.0. The van der Waals surface area contributed by atoms with Crippen molar-refractivity contribution >= 4 is 22.6 Å². The first-order valence-electron chi connectivity index (χ1n) is 13.9. The van der Waals surface area contributed by atoms with Crippen LogP contribution in [0.15, 0.2) is 41.3 Å². The lowest BCUT2D eigenvalue weighted by molar-refractivity contribution is -0.172. The van der Waals surface area contributed by atoms with E-state index in [0.29, 0.717) is 28.7 Å². The number of pyridine rings is 2. The average molecular weight is 576 g/mol. The number of halogens is 6. The van der Waals surface area contributed by atoms with Crippen molar-refractivity contribution < 1.29 is 31.1 Å². The number of hydrogen-bond donors (Lipinski definition) is 0. The van der Waals surface area contributed by atoms with Gasteiger partial charge in [0, 0.05) is 18.7 Å². The molecule has 11 heteroatoms. The molecule has 0 amide bonds. The van der Waals surface area contributed by atoms with Crippen molar-refractivity contribution in [2.45, 2.75) is 56.8 Å². The zero-order chi connectivity index (χ0) is 28.9. The summed E-state index contributed by atoms with van der Waals surface area (Å²) in [5.41, 5.74) is -1.46. The number of aromatic nitrogens is 2. The van der Waals surface area contributed by atoms with Crippen molar-refractivity contribution in [2.24, 2.45) is 23.2 Å². The number of hydrogen-bond acceptors (Lipinski definition) is 4. The van der Waals surface area contributed by atoms with Gasteiger partial charge in [0.05, 0.1) is 29.7 Å². The summed E-state index contributed by atoms with van der Waals surface area (Å²) in [4.78, 5) is 32.3. The van der Waals surface area contributed by atoms with Crippen LogP contribution < -0.4 is 10.3 Å². The summed E-state index contributed by atoms with van der Waals surface area (Å²) in [6.07, 6.45) is 7.72. The molecule has 5 aliphatic rings. The van der Waals surface area contributed by atoms with Crippen LogP contribution in [0.25, 0.3) is 16.7 Å². The lowest BCUT2D eigenvalue weighted by atomic mass is 9.48. The van der Waals surface area contributed by atoms with Crippen LogP contribution >= 0.6 is 0 Å². The Morgan fingerprint density at radius 3 is 2.10 bits per heavy atom. The Bertz CT molecular complexity index is 1600. The summed E-state index contributed by atoms with van der Waals surface area (Å²) in [5.74, 6) is -9.34. The van der Waals surface area contributed by atoms with E-state index in [9.17, 15) is 31.5 Å². The molecule has 5 fully saturated rings. The van der Waals surface area contributed by atoms with Crippen LogP contribution in [0.3, 0.4) is 0 Å². The molecule has 0 radical (unpaired) electrons. The van der Waals surface area contributed by atoms with E-state index in [-0.39, 0.29) is 45.7 Å². The van der Waals surface area contributed by atoms with Crippen molar-refractivity contribution in [1.82, 2.24) is 9.55 Å². The third kappa shape index (κ3) is 4.25. The quantitative estimate of drug-likeness (QED) is 0.256. The molecule has 4 saturated carbocycles. The Morgan fingerprint density at radius 2 is 1.51 bits per heavy atom. The minimum atomic E-state index is -4.29. The van der Waals surface area contributed by atoms with Gasteiger partial charge in [0.15, 0.2) is 11.4 Å². The first-order chi connectivity index (χ1) is 19.3. The van der Waals surface area contributed by atoms with Crippen LogP contribution in [-0.2, 0) is 0 Å². The van der Waals surface area contributed by atoms with Gasteiger partial charge in [-0.2, -0.15) is 17.6 Å². The molecule has 0 atom stereocenters. The fourth-order valence-electron chi connectivity index (χ4n) is 8.30. The normalized spacial score (nSPS) is 29.4. The number of carbonyl (C=O) groups is 1. The van der Waals surface area contributed by atoms with Crippen molar-refractivity contribution in [2.75, 3.05) is 18.0 Å². The minimum absolute atomic E-state index is 0.105. The van der Waals surface area contributed by atoms with Gasteiger partial charge in [0.2, 0.25) is 5.43 Å². The van der Waals surface area contributed by atoms with Crippen LogP contribution in [0.4, 0.5) is 32.2 Å². The molecule has 5 nitrogen and oxygen atoms in total. The number of benzene rings is 1. The molecule has 1 saturated heterocycles. The molecule has 1 aromatic carbocycles. The molecule has 8 rings (SSSR count). The van der Waals surface area contributed by atoms with E-state index < -0.39 is 42.0 Å². The molecule has 0 unspecified atom stereocenters. The fourth-order valence-corrected chi connectivity index (χ4v) is 8.30. The van der Waals surface area contributed by atoms with Crippen LogP contribution in [0.2, 0.25) is 0 Å². The third-order valence-corrected chi connectivity index (χ3v) is 9.64. The summed E-state index contributed by atoms with van der Waals surface area (Å²) in [7, 11) is 0. The molecule has 4 aliphatic carbocycles. The second-order valence-electron chi connectivity index (χ2n) is 12.7. The topological polar surface area (TPSA) is 55.2 Å². The van der Waals surface area contributed by atoms with Gasteiger partial charge in [0.1, 0.15) is 17.5 Å². The molecule has 0 N–H and O–H groups in total. The van der Waals surface area contributed by atoms with E-state index in [2.05, 4.69) is 4.98 Å². The summed E-state index contributed by atoms with van der Waals surface area (Å²) in [5, 5.41) is -0.105. The monoisotopic (exact) mass is 575 g/mol. The summed E-state index contributed by atoms with van der Waals surface area (Å²) in [6.45, 7) is -2.59. The van der Waals surface area contributed by atoms with Crippen molar-refractivity contribution in [3.8, 4) is 5.69 Å². The molecule has 3 heterocycles. The van der Waals surface area contributed by atoms with Crippen LogP contribution in [0, 0.1) is 34.8 Å². The minimum Gasteiger partial charge on any atom is -0.344 e. The van der Waals surface area contributed by atoms with Gasteiger partial charge >= 0.3 is 11.8 Å². The summed E-state index contributed by atoms with van der Waals surface area (Å²) < 4.78 is 85.6. The number of carbonyl (C=O) groups excluding carboxylic acids is 1. The molecule has 41 heavy (non-hydrogen) atoms. The van der Waals surface area contributed by atoms with E-state index >= 15 is 4.39 Å². The van der Waals surface area contributed by atoms with Gasteiger partial charge in [-0.15, -0.1) is 0 Å². The Labute approximate surface area is 231 Å². The highest BCUT2D eigenvalue weighted by atomic mass is 19.3. The SMILES string of the molecule is O=C(CC12CC3CC(CC(C3)C1)C2)c1cn(-c2ccc(F)cc2F)c2nc(N3CC(F)(F)C(F)(F)C3)ccc2c1=O. The first kappa shape index (κ1) is 26.5. The van der Waals surface area contributed by atoms with Crippen LogP contribution in [0.1, 0.15) is 55.3 Å². The van der Waals surface area contributed by atoms with E-state index in [4.69, 9.17) is 0 Å². The molecule has 2 aromatic heterocycles. The zero-order valence-electron chi connectivity index (χ0n) is 22.0. The highest BCUT2D eigenvalue weighted by Gasteiger charge is 2.63. The Morgan fingerprint density at radius 1 is 0.902 bits per heavy atom. The van der Waals surface area contributed by atoms with E-state index in [1.807, 2.05) is 0 Å². The van der Waals surface area contributed by atoms with E-state index in [1.54, 1.807) is 0 Å². The number of anilines is 1. The molecule has 216 valence electrons. The molecule has 3 aromatic rings. The predicted octanol–water partition coefficient (Wildman–Crippen LogP) is 6.54. The predicted molar refractivity (Wildman–Crippen MR) is 139 cm³/mol. The maximum Gasteiger partial charge on any atom is 0.329 e. The van der Waals surface area contributed by atoms with Crippen molar-refractivity contribution in [3.63, 3.8) is 0 Å². The van der Waals surface area contributed by atoms with Gasteiger partial charge in [-0.25, -0.2) is 13.8 Å². The largest absolute Gasteiger partial charge is 0.344 e. The van der Waals surface area contributed by atoms with Crippen molar-refractivity contribution in [1.29, 1.82) is 0 Å². The van der Waals surface area contributed by atoms with Gasteiger partial charge in [0.25, 0.3) is 0 Å². The highest BCUT2D eigenvalue weighted by molar-refractivity contribution is 5.99. The molecule has 1 aliphatic heterocycles. The third-order valence-electron chi connectivity index (χ3n) is 9.64. The molecular formula is C30H27F6N3O2. The maximum absolute atomic E-state index is 15.0. The number of fused-ring (bicyclic) bond motifs is 1. The van der Waals surface area contributed by atoms with E-state index in [0.717, 1.165) is 42.2 Å². The van der Waals surface area contributed by atoms with Crippen molar-refractivity contribution in [3.05, 3.63) is 63.9 Å². The van der Waals surface area contributed by atoms with Gasteiger partial charge in [-0.3, -0.25) is 14.2 Å². The Kier molecular flexibility index (Phi) is 5.70. The molecule has 4 bridgehead atoms. The number of ketones is 1. The number of Topliss-reactive ketones (excluding diaryl/α,β-unsaturated/α-hetero) is 1. The number of alkyl halides is 4. The fraction of sp³-hybridized carbons (Fsp3) is 0.500. The number of nitrogens with zero attached hydrogens (tertiary/aromatic N) is 3. The second-order valence-corrected chi connectivity index (χ2v) is 12.7. The summed E-state index contributed by atoms with van der Waals surface area (Å²) in [6, 6.07) is 5.12. The molecular weight excluding hydrogens is 548 g/mol. The summed E-state index contributed by atoms with van der Waals surface area (Å²) >= 11 is 0. The van der Waals surface area contributed by atoms with Gasteiger partial charge < -0.3 is 4.90 Å². The average Bonchev–Trinajstić information content (AvgIpc) is 3.10. The first-order valence-corrected chi connectivity index (χ1v) is 13.9. The van der Waals surface area contributed by atoms with Crippen LogP contribution in [-0.4, -0.2) is 40.3 Å². The smallest absolute Gasteiger partial charge is 0.329 e. The van der Waals surface area contributed by atoms with Gasteiger partial charge in [-0.05, 0) is 86.0 Å². The lowest BCUT2D eigenvalue weighted by Gasteiger charge is -2.56. The van der Waals surface area contributed by atoms with Gasteiger partial charge in [-0.1, -0.05) is 0 Å². The Balaban J connectivity index is 1.33. The lowest BCUT2D eigenvalue weighted by Crippen LogP contribution is -2.47. The van der Waals surface area contributed by atoms with Crippen LogP contribution in [0.5, 0.6) is 0 Å².